The van der Waals surface area contributed by atoms with E-state index < -0.39 is 0 Å². The maximum Gasteiger partial charge on any atom is 0.129 e. The maximum absolute atomic E-state index is 5.91. The monoisotopic (exact) mass is 217 g/mol. The molecule has 0 radical (unpaired) electrons. The third kappa shape index (κ3) is 2.02. The molecule has 0 spiro atoms. The Balaban J connectivity index is 2.64. The Morgan fingerprint density at radius 3 is 2.40 bits per heavy atom. The van der Waals surface area contributed by atoms with E-state index >= 15 is 0 Å². The number of aromatic nitrogens is 1. The predicted octanol–water partition coefficient (Wildman–Crippen LogP) is 4.02. The number of aryl methyl sites for hydroxylation is 2. The fourth-order valence-corrected chi connectivity index (χ4v) is 1.76. The van der Waals surface area contributed by atoms with Gasteiger partial charge in [-0.1, -0.05) is 41.9 Å². The molecule has 1 aromatic heterocycles. The van der Waals surface area contributed by atoms with E-state index in [1.807, 2.05) is 31.2 Å². The van der Waals surface area contributed by atoms with Gasteiger partial charge in [-0.25, -0.2) is 4.98 Å². The zero-order chi connectivity index (χ0) is 10.8. The summed E-state index contributed by atoms with van der Waals surface area (Å²) in [7, 11) is 0. The number of rotatable bonds is 1. The molecule has 0 saturated carbocycles. The van der Waals surface area contributed by atoms with Crippen LogP contribution in [0.25, 0.3) is 11.3 Å². The molecule has 0 unspecified atom stereocenters. The largest absolute Gasteiger partial charge is 0.236 e. The molecule has 0 aliphatic carbocycles. The van der Waals surface area contributed by atoms with Gasteiger partial charge in [0.15, 0.2) is 0 Å². The fraction of sp³-hybridized carbons (Fsp3) is 0.154. The minimum Gasteiger partial charge on any atom is -0.236 e. The Morgan fingerprint density at radius 2 is 1.67 bits per heavy atom. The Hall–Kier alpha value is -1.34. The predicted molar refractivity (Wildman–Crippen MR) is 64.2 cm³/mol. The Kier molecular flexibility index (Phi) is 2.74. The van der Waals surface area contributed by atoms with E-state index in [0.29, 0.717) is 5.15 Å². The van der Waals surface area contributed by atoms with Gasteiger partial charge in [-0.15, -0.1) is 0 Å². The number of hydrogen-bond donors (Lipinski definition) is 0. The average Bonchev–Trinajstić information content (AvgIpc) is 2.23. The molecule has 1 aromatic carbocycles. The van der Waals surface area contributed by atoms with Crippen LogP contribution >= 0.6 is 11.6 Å². The zero-order valence-electron chi connectivity index (χ0n) is 8.79. The van der Waals surface area contributed by atoms with E-state index in [1.165, 1.54) is 5.56 Å². The molecule has 15 heavy (non-hydrogen) atoms. The number of benzene rings is 1. The molecule has 2 aromatic rings. The number of hydrogen-bond acceptors (Lipinski definition) is 1. The van der Waals surface area contributed by atoms with Crippen LogP contribution in [0.3, 0.4) is 0 Å². The molecular weight excluding hydrogens is 206 g/mol. The lowest BCUT2D eigenvalue weighted by atomic mass is 10.0. The summed E-state index contributed by atoms with van der Waals surface area (Å²) in [4.78, 5) is 4.37. The SMILES string of the molecule is Cc1ccccc1-c1nc(Cl)ccc1C. The molecule has 76 valence electrons. The second-order valence-corrected chi connectivity index (χ2v) is 4.00. The average molecular weight is 218 g/mol. The van der Waals surface area contributed by atoms with Crippen molar-refractivity contribution in [2.45, 2.75) is 13.8 Å². The molecule has 1 nitrogen and oxygen atoms in total. The van der Waals surface area contributed by atoms with Crippen LogP contribution in [0.5, 0.6) is 0 Å². The molecule has 0 amide bonds. The Morgan fingerprint density at radius 1 is 0.933 bits per heavy atom. The lowest BCUT2D eigenvalue weighted by molar-refractivity contribution is 1.26. The van der Waals surface area contributed by atoms with Crippen LogP contribution in [0, 0.1) is 13.8 Å². The van der Waals surface area contributed by atoms with Gasteiger partial charge < -0.3 is 0 Å². The minimum atomic E-state index is 0.541. The van der Waals surface area contributed by atoms with Crippen molar-refractivity contribution in [3.63, 3.8) is 0 Å². The summed E-state index contributed by atoms with van der Waals surface area (Å²) in [5.41, 5.74) is 4.49. The molecule has 0 fully saturated rings. The van der Waals surface area contributed by atoms with Gasteiger partial charge in [-0.2, -0.15) is 0 Å². The molecule has 1 heterocycles. The van der Waals surface area contributed by atoms with Crippen molar-refractivity contribution >= 4 is 11.6 Å². The standard InChI is InChI=1S/C13H12ClN/c1-9-5-3-4-6-11(9)13-10(2)7-8-12(14)15-13/h3-8H,1-2H3. The Labute approximate surface area is 94.7 Å². The van der Waals surface area contributed by atoms with Gasteiger partial charge in [0.05, 0.1) is 5.69 Å². The van der Waals surface area contributed by atoms with E-state index in [-0.39, 0.29) is 0 Å². The highest BCUT2D eigenvalue weighted by atomic mass is 35.5. The van der Waals surface area contributed by atoms with Crippen molar-refractivity contribution in [2.75, 3.05) is 0 Å². The summed E-state index contributed by atoms with van der Waals surface area (Å²) in [6, 6.07) is 12.0. The molecule has 2 heteroatoms. The van der Waals surface area contributed by atoms with Crippen LogP contribution in [0.4, 0.5) is 0 Å². The van der Waals surface area contributed by atoms with E-state index in [0.717, 1.165) is 16.8 Å². The number of pyridine rings is 1. The highest BCUT2D eigenvalue weighted by Gasteiger charge is 2.06. The summed E-state index contributed by atoms with van der Waals surface area (Å²) in [5.74, 6) is 0. The zero-order valence-corrected chi connectivity index (χ0v) is 9.55. The molecule has 0 N–H and O–H groups in total. The summed E-state index contributed by atoms with van der Waals surface area (Å²) in [6.07, 6.45) is 0. The van der Waals surface area contributed by atoms with Crippen molar-refractivity contribution in [3.8, 4) is 11.3 Å². The molecular formula is C13H12ClN. The van der Waals surface area contributed by atoms with Crippen LogP contribution < -0.4 is 0 Å². The summed E-state index contributed by atoms with van der Waals surface area (Å²) in [6.45, 7) is 4.13. The quantitative estimate of drug-likeness (QED) is 0.658. The molecule has 0 bridgehead atoms. The smallest absolute Gasteiger partial charge is 0.129 e. The number of nitrogens with zero attached hydrogens (tertiary/aromatic N) is 1. The van der Waals surface area contributed by atoms with Gasteiger partial charge in [0.25, 0.3) is 0 Å². The molecule has 0 aliphatic heterocycles. The normalized spacial score (nSPS) is 10.3. The second-order valence-electron chi connectivity index (χ2n) is 3.61. The van der Waals surface area contributed by atoms with Gasteiger partial charge in [-0.3, -0.25) is 0 Å². The van der Waals surface area contributed by atoms with Gasteiger partial charge in [0.1, 0.15) is 5.15 Å². The van der Waals surface area contributed by atoms with Crippen molar-refractivity contribution in [1.82, 2.24) is 4.98 Å². The molecule has 0 saturated heterocycles. The summed E-state index contributed by atoms with van der Waals surface area (Å²) >= 11 is 5.91. The van der Waals surface area contributed by atoms with Crippen molar-refractivity contribution < 1.29 is 0 Å². The van der Waals surface area contributed by atoms with Crippen molar-refractivity contribution in [1.29, 1.82) is 0 Å². The summed E-state index contributed by atoms with van der Waals surface area (Å²) in [5, 5.41) is 0.541. The van der Waals surface area contributed by atoms with Crippen LogP contribution in [0.2, 0.25) is 5.15 Å². The molecule has 0 aliphatic rings. The molecule has 2 rings (SSSR count). The maximum atomic E-state index is 5.91. The highest BCUT2D eigenvalue weighted by molar-refractivity contribution is 6.29. The lowest BCUT2D eigenvalue weighted by Gasteiger charge is -2.08. The van der Waals surface area contributed by atoms with E-state index in [4.69, 9.17) is 11.6 Å². The minimum absolute atomic E-state index is 0.541. The highest BCUT2D eigenvalue weighted by Crippen LogP contribution is 2.25. The van der Waals surface area contributed by atoms with Crippen LogP contribution in [-0.4, -0.2) is 4.98 Å². The second kappa shape index (κ2) is 4.03. The topological polar surface area (TPSA) is 12.9 Å². The van der Waals surface area contributed by atoms with Crippen molar-refractivity contribution in [3.05, 3.63) is 52.7 Å². The van der Waals surface area contributed by atoms with Crippen LogP contribution in [-0.2, 0) is 0 Å². The van der Waals surface area contributed by atoms with E-state index in [2.05, 4.69) is 24.0 Å². The van der Waals surface area contributed by atoms with Crippen LogP contribution in [0.15, 0.2) is 36.4 Å². The van der Waals surface area contributed by atoms with Gasteiger partial charge >= 0.3 is 0 Å². The van der Waals surface area contributed by atoms with E-state index in [9.17, 15) is 0 Å². The van der Waals surface area contributed by atoms with E-state index in [1.54, 1.807) is 0 Å². The first-order valence-corrected chi connectivity index (χ1v) is 5.25. The lowest BCUT2D eigenvalue weighted by Crippen LogP contribution is -1.90. The van der Waals surface area contributed by atoms with Gasteiger partial charge in [-0.05, 0) is 31.0 Å². The first-order valence-electron chi connectivity index (χ1n) is 4.87. The Bertz CT molecular complexity index is 492. The third-order valence-electron chi connectivity index (χ3n) is 2.46. The fourth-order valence-electron chi connectivity index (χ4n) is 1.62. The van der Waals surface area contributed by atoms with Crippen molar-refractivity contribution in [2.24, 2.45) is 0 Å². The van der Waals surface area contributed by atoms with Gasteiger partial charge in [0.2, 0.25) is 0 Å². The third-order valence-corrected chi connectivity index (χ3v) is 2.67. The van der Waals surface area contributed by atoms with Gasteiger partial charge in [0, 0.05) is 5.56 Å². The number of halogens is 1. The molecule has 0 atom stereocenters. The first kappa shape index (κ1) is 10.2. The van der Waals surface area contributed by atoms with Crippen LogP contribution in [0.1, 0.15) is 11.1 Å². The summed E-state index contributed by atoms with van der Waals surface area (Å²) < 4.78 is 0. The first-order chi connectivity index (χ1) is 7.18.